The average Bonchev–Trinajstić information content (AvgIpc) is 3.28. The molecule has 0 aliphatic carbocycles. The molecule has 0 aliphatic heterocycles. The van der Waals surface area contributed by atoms with Crippen LogP contribution in [-0.4, -0.2) is 22.7 Å². The number of rotatable bonds is 6. The summed E-state index contributed by atoms with van der Waals surface area (Å²) < 4.78 is 11.0. The smallest absolute Gasteiger partial charge is 0.320 e. The minimum absolute atomic E-state index is 0. The first-order valence-corrected chi connectivity index (χ1v) is 9.66. The van der Waals surface area contributed by atoms with Crippen LogP contribution >= 0.6 is 24.0 Å². The van der Waals surface area contributed by atoms with E-state index < -0.39 is 5.97 Å². The fraction of sp³-hybridized carbons (Fsp3) is 0.0870. The molecule has 2 N–H and O–H groups in total. The van der Waals surface area contributed by atoms with Crippen molar-refractivity contribution in [3.63, 3.8) is 0 Å². The van der Waals surface area contributed by atoms with E-state index >= 15 is 0 Å². The third-order valence-corrected chi connectivity index (χ3v) is 4.89. The van der Waals surface area contributed by atoms with Gasteiger partial charge in [0.1, 0.15) is 6.61 Å². The minimum Gasteiger partial charge on any atom is -0.460 e. The van der Waals surface area contributed by atoms with E-state index in [0.29, 0.717) is 27.9 Å². The van der Waals surface area contributed by atoms with Gasteiger partial charge in [-0.15, -0.1) is 22.6 Å². The third kappa shape index (κ3) is 5.11. The Balaban J connectivity index is 0.00000272. The molecule has 31 heavy (non-hydrogen) atoms. The average molecular weight is 456 g/mol. The van der Waals surface area contributed by atoms with Crippen LogP contribution in [0.3, 0.4) is 0 Å². The number of esters is 1. The standard InChI is InChI=1S/C23H18ClN3O3.ClH/c24-21-18(16-7-2-1-3-8-16)10-5-11-19(21)23-27-26-22(30-23)17-9-4-6-15(12-17)14-29-20(28)13-25;/h1-12H,13-14,25H2;1H. The summed E-state index contributed by atoms with van der Waals surface area (Å²) in [5.41, 5.74) is 9.31. The first-order valence-electron chi connectivity index (χ1n) is 9.28. The fourth-order valence-corrected chi connectivity index (χ4v) is 3.32. The number of halogens is 2. The van der Waals surface area contributed by atoms with Crippen LogP contribution in [0.2, 0.25) is 5.02 Å². The zero-order valence-electron chi connectivity index (χ0n) is 16.3. The van der Waals surface area contributed by atoms with E-state index in [2.05, 4.69) is 10.2 Å². The molecule has 4 aromatic rings. The summed E-state index contributed by atoms with van der Waals surface area (Å²) in [5.74, 6) is 0.208. The topological polar surface area (TPSA) is 91.2 Å². The zero-order chi connectivity index (χ0) is 20.9. The summed E-state index contributed by atoms with van der Waals surface area (Å²) in [6.45, 7) is -0.0364. The van der Waals surface area contributed by atoms with Gasteiger partial charge in [-0.25, -0.2) is 0 Å². The van der Waals surface area contributed by atoms with Crippen molar-refractivity contribution >= 4 is 30.0 Å². The molecule has 0 saturated carbocycles. The molecule has 0 spiro atoms. The van der Waals surface area contributed by atoms with E-state index in [4.69, 9.17) is 26.5 Å². The highest BCUT2D eigenvalue weighted by Crippen LogP contribution is 2.36. The van der Waals surface area contributed by atoms with E-state index in [1.807, 2.05) is 72.8 Å². The minimum atomic E-state index is -0.464. The Morgan fingerprint density at radius 3 is 2.35 bits per heavy atom. The quantitative estimate of drug-likeness (QED) is 0.404. The van der Waals surface area contributed by atoms with E-state index in [1.54, 1.807) is 0 Å². The van der Waals surface area contributed by atoms with Crippen molar-refractivity contribution in [1.82, 2.24) is 10.2 Å². The Bertz CT molecular complexity index is 1180. The van der Waals surface area contributed by atoms with Gasteiger partial charge in [-0.3, -0.25) is 4.79 Å². The van der Waals surface area contributed by atoms with Gasteiger partial charge < -0.3 is 14.9 Å². The maximum Gasteiger partial charge on any atom is 0.320 e. The lowest BCUT2D eigenvalue weighted by molar-refractivity contribution is -0.143. The Labute approximate surface area is 190 Å². The monoisotopic (exact) mass is 455 g/mol. The number of nitrogens with zero attached hydrogens (tertiary/aromatic N) is 2. The second kappa shape index (κ2) is 10.2. The molecule has 158 valence electrons. The van der Waals surface area contributed by atoms with Crippen LogP contribution in [0.15, 0.2) is 77.2 Å². The largest absolute Gasteiger partial charge is 0.460 e. The summed E-state index contributed by atoms with van der Waals surface area (Å²) >= 11 is 6.66. The number of nitrogens with two attached hydrogens (primary N) is 1. The highest BCUT2D eigenvalue weighted by Gasteiger charge is 2.16. The molecular formula is C23H19Cl2N3O3. The predicted molar refractivity (Wildman–Crippen MR) is 122 cm³/mol. The maximum atomic E-state index is 11.3. The van der Waals surface area contributed by atoms with E-state index in [0.717, 1.165) is 16.7 Å². The molecule has 0 radical (unpaired) electrons. The van der Waals surface area contributed by atoms with Crippen molar-refractivity contribution in [1.29, 1.82) is 0 Å². The first-order chi connectivity index (χ1) is 14.7. The second-order valence-electron chi connectivity index (χ2n) is 6.51. The lowest BCUT2D eigenvalue weighted by atomic mass is 10.0. The Morgan fingerprint density at radius 2 is 1.58 bits per heavy atom. The molecule has 0 saturated heterocycles. The third-order valence-electron chi connectivity index (χ3n) is 4.48. The van der Waals surface area contributed by atoms with Gasteiger partial charge in [-0.05, 0) is 29.3 Å². The highest BCUT2D eigenvalue weighted by molar-refractivity contribution is 6.35. The van der Waals surface area contributed by atoms with Gasteiger partial charge in [0, 0.05) is 11.1 Å². The number of carbonyl (C=O) groups excluding carboxylic acids is 1. The summed E-state index contributed by atoms with van der Waals surface area (Å²) in [4.78, 5) is 11.3. The summed E-state index contributed by atoms with van der Waals surface area (Å²) in [5, 5.41) is 8.87. The van der Waals surface area contributed by atoms with Crippen LogP contribution in [0.25, 0.3) is 34.0 Å². The first kappa shape index (κ1) is 22.5. The summed E-state index contributed by atoms with van der Waals surface area (Å²) in [6.07, 6.45) is 0. The van der Waals surface area contributed by atoms with Gasteiger partial charge in [-0.2, -0.15) is 0 Å². The van der Waals surface area contributed by atoms with Gasteiger partial charge in [0.2, 0.25) is 11.8 Å². The van der Waals surface area contributed by atoms with Crippen molar-refractivity contribution in [3.8, 4) is 34.0 Å². The van der Waals surface area contributed by atoms with E-state index in [-0.39, 0.29) is 25.6 Å². The molecular weight excluding hydrogens is 437 g/mol. The van der Waals surface area contributed by atoms with E-state index in [9.17, 15) is 4.79 Å². The molecule has 0 bridgehead atoms. The number of benzene rings is 3. The normalized spacial score (nSPS) is 10.4. The van der Waals surface area contributed by atoms with Gasteiger partial charge in [-0.1, -0.05) is 66.2 Å². The van der Waals surface area contributed by atoms with Crippen LogP contribution in [0, 0.1) is 0 Å². The Morgan fingerprint density at radius 1 is 0.903 bits per heavy atom. The molecule has 0 amide bonds. The lowest BCUT2D eigenvalue weighted by Gasteiger charge is -2.07. The number of carbonyl (C=O) groups is 1. The molecule has 8 heteroatoms. The van der Waals surface area contributed by atoms with Crippen LogP contribution in [0.4, 0.5) is 0 Å². The Hall–Kier alpha value is -3.19. The molecule has 0 fully saturated rings. The molecule has 0 atom stereocenters. The number of hydrogen-bond acceptors (Lipinski definition) is 6. The van der Waals surface area contributed by atoms with Gasteiger partial charge in [0.15, 0.2) is 0 Å². The SMILES string of the molecule is Cl.NCC(=O)OCc1cccc(-c2nnc(-c3cccc(-c4ccccc4)c3Cl)o2)c1. The van der Waals surface area contributed by atoms with Gasteiger partial charge in [0.25, 0.3) is 0 Å². The van der Waals surface area contributed by atoms with Crippen LogP contribution in [0.1, 0.15) is 5.56 Å². The molecule has 4 rings (SSSR count). The second-order valence-corrected chi connectivity index (χ2v) is 6.89. The van der Waals surface area contributed by atoms with E-state index in [1.165, 1.54) is 0 Å². The van der Waals surface area contributed by atoms with Gasteiger partial charge >= 0.3 is 5.97 Å². The van der Waals surface area contributed by atoms with Crippen molar-refractivity contribution in [2.45, 2.75) is 6.61 Å². The number of aromatic nitrogens is 2. The summed E-state index contributed by atoms with van der Waals surface area (Å²) in [7, 11) is 0. The number of hydrogen-bond donors (Lipinski definition) is 1. The van der Waals surface area contributed by atoms with Crippen LogP contribution in [0.5, 0.6) is 0 Å². The van der Waals surface area contributed by atoms with Crippen molar-refractivity contribution in [3.05, 3.63) is 83.4 Å². The fourth-order valence-electron chi connectivity index (χ4n) is 3.00. The highest BCUT2D eigenvalue weighted by atomic mass is 35.5. The summed E-state index contributed by atoms with van der Waals surface area (Å²) in [6, 6.07) is 22.9. The molecule has 1 aromatic heterocycles. The molecule has 6 nitrogen and oxygen atoms in total. The molecule has 0 unspecified atom stereocenters. The maximum absolute atomic E-state index is 11.3. The van der Waals surface area contributed by atoms with Crippen molar-refractivity contribution in [2.75, 3.05) is 6.54 Å². The predicted octanol–water partition coefficient (Wildman–Crippen LogP) is 5.15. The Kier molecular flexibility index (Phi) is 7.41. The number of ether oxygens (including phenoxy) is 1. The zero-order valence-corrected chi connectivity index (χ0v) is 17.9. The van der Waals surface area contributed by atoms with Crippen molar-refractivity contribution < 1.29 is 13.9 Å². The van der Waals surface area contributed by atoms with Crippen LogP contribution in [-0.2, 0) is 16.1 Å². The van der Waals surface area contributed by atoms with Crippen LogP contribution < -0.4 is 5.73 Å². The molecule has 1 heterocycles. The molecule has 3 aromatic carbocycles. The van der Waals surface area contributed by atoms with Crippen molar-refractivity contribution in [2.24, 2.45) is 5.73 Å². The van der Waals surface area contributed by atoms with Gasteiger partial charge in [0.05, 0.1) is 17.1 Å². The molecule has 0 aliphatic rings. The lowest BCUT2D eigenvalue weighted by Crippen LogP contribution is -2.16.